The van der Waals surface area contributed by atoms with Gasteiger partial charge in [0, 0.05) is 0 Å². The topological polar surface area (TPSA) is 75.6 Å². The number of benzene rings is 1. The first-order valence-corrected chi connectivity index (χ1v) is 6.18. The summed E-state index contributed by atoms with van der Waals surface area (Å²) in [6.45, 7) is 1.55. The highest BCUT2D eigenvalue weighted by atomic mass is 32.2. The zero-order chi connectivity index (χ0) is 12.2. The van der Waals surface area contributed by atoms with E-state index >= 15 is 0 Å². The summed E-state index contributed by atoms with van der Waals surface area (Å²) < 4.78 is 27.9. The smallest absolute Gasteiger partial charge is 0.297 e. The lowest BCUT2D eigenvalue weighted by Crippen LogP contribution is -2.30. The van der Waals surface area contributed by atoms with E-state index in [1.807, 2.05) is 6.92 Å². The molecule has 0 bridgehead atoms. The van der Waals surface area contributed by atoms with Crippen molar-refractivity contribution < 1.29 is 17.7 Å². The van der Waals surface area contributed by atoms with Crippen LogP contribution >= 0.6 is 0 Å². The number of nitrogens with one attached hydrogen (secondary N) is 1. The Morgan fingerprint density at radius 3 is 2.44 bits per heavy atom. The van der Waals surface area contributed by atoms with E-state index in [1.165, 1.54) is 19.2 Å². The SMILES string of the molecule is CNC(O)COS(=O)(=O)c1ccc(C)cc1. The van der Waals surface area contributed by atoms with Crippen LogP contribution in [0, 0.1) is 6.92 Å². The van der Waals surface area contributed by atoms with Crippen LogP contribution in [0.4, 0.5) is 0 Å². The zero-order valence-electron chi connectivity index (χ0n) is 9.17. The maximum atomic E-state index is 11.6. The monoisotopic (exact) mass is 245 g/mol. The van der Waals surface area contributed by atoms with Gasteiger partial charge in [-0.05, 0) is 26.1 Å². The Kier molecular flexibility index (Phi) is 4.43. The maximum Gasteiger partial charge on any atom is 0.297 e. The Bertz CT molecular complexity index is 427. The molecule has 0 aliphatic rings. The molecule has 6 heteroatoms. The highest BCUT2D eigenvalue weighted by molar-refractivity contribution is 7.86. The van der Waals surface area contributed by atoms with Crippen molar-refractivity contribution in [1.29, 1.82) is 0 Å². The van der Waals surface area contributed by atoms with E-state index in [1.54, 1.807) is 12.1 Å². The summed E-state index contributed by atoms with van der Waals surface area (Å²) in [7, 11) is -2.28. The summed E-state index contributed by atoms with van der Waals surface area (Å²) in [5.74, 6) is 0. The third kappa shape index (κ3) is 3.57. The number of aryl methyl sites for hydroxylation is 1. The number of hydrogen-bond acceptors (Lipinski definition) is 5. The molecule has 0 fully saturated rings. The summed E-state index contributed by atoms with van der Waals surface area (Å²) in [5.41, 5.74) is 0.967. The first kappa shape index (κ1) is 13.1. The van der Waals surface area contributed by atoms with Gasteiger partial charge in [0.15, 0.2) is 0 Å². The summed E-state index contributed by atoms with van der Waals surface area (Å²) in [6.07, 6.45) is -1.000. The summed E-state index contributed by atoms with van der Waals surface area (Å²) >= 11 is 0. The molecule has 0 spiro atoms. The van der Waals surface area contributed by atoms with Crippen LogP contribution < -0.4 is 5.32 Å². The molecule has 0 saturated carbocycles. The minimum absolute atomic E-state index is 0.0846. The Labute approximate surface area is 95.2 Å². The quantitative estimate of drug-likeness (QED) is 0.574. The predicted molar refractivity (Wildman–Crippen MR) is 59.4 cm³/mol. The highest BCUT2D eigenvalue weighted by Crippen LogP contribution is 2.13. The molecule has 0 aromatic heterocycles. The number of hydrogen-bond donors (Lipinski definition) is 2. The van der Waals surface area contributed by atoms with Crippen molar-refractivity contribution in [2.24, 2.45) is 0 Å². The van der Waals surface area contributed by atoms with Gasteiger partial charge in [0.25, 0.3) is 10.1 Å². The molecule has 0 radical (unpaired) electrons. The number of aliphatic hydroxyl groups is 1. The zero-order valence-corrected chi connectivity index (χ0v) is 9.99. The second kappa shape index (κ2) is 5.40. The molecule has 16 heavy (non-hydrogen) atoms. The van der Waals surface area contributed by atoms with Gasteiger partial charge in [-0.15, -0.1) is 0 Å². The van der Waals surface area contributed by atoms with Crippen molar-refractivity contribution in [3.63, 3.8) is 0 Å². The van der Waals surface area contributed by atoms with Gasteiger partial charge < -0.3 is 5.11 Å². The lowest BCUT2D eigenvalue weighted by atomic mass is 10.2. The molecule has 0 aliphatic heterocycles. The molecule has 1 rings (SSSR count). The highest BCUT2D eigenvalue weighted by Gasteiger charge is 2.16. The van der Waals surface area contributed by atoms with Crippen molar-refractivity contribution >= 4 is 10.1 Å². The number of rotatable bonds is 5. The van der Waals surface area contributed by atoms with Gasteiger partial charge in [-0.2, -0.15) is 8.42 Å². The van der Waals surface area contributed by atoms with Gasteiger partial charge >= 0.3 is 0 Å². The summed E-state index contributed by atoms with van der Waals surface area (Å²) in [6, 6.07) is 6.31. The van der Waals surface area contributed by atoms with E-state index < -0.39 is 16.3 Å². The van der Waals surface area contributed by atoms with Gasteiger partial charge in [0.1, 0.15) is 12.8 Å². The van der Waals surface area contributed by atoms with E-state index in [9.17, 15) is 8.42 Å². The minimum atomic E-state index is -3.78. The maximum absolute atomic E-state index is 11.6. The van der Waals surface area contributed by atoms with Crippen molar-refractivity contribution in [2.45, 2.75) is 18.0 Å². The Balaban J connectivity index is 2.74. The van der Waals surface area contributed by atoms with Crippen LogP contribution in [0.25, 0.3) is 0 Å². The normalized spacial score (nSPS) is 13.7. The molecule has 1 unspecified atom stereocenters. The van der Waals surface area contributed by atoms with E-state index in [-0.39, 0.29) is 11.5 Å². The second-order valence-electron chi connectivity index (χ2n) is 3.36. The fraction of sp³-hybridized carbons (Fsp3) is 0.400. The van der Waals surface area contributed by atoms with Crippen LogP contribution in [0.5, 0.6) is 0 Å². The molecule has 0 aliphatic carbocycles. The fourth-order valence-electron chi connectivity index (χ4n) is 1.01. The molecule has 0 heterocycles. The lowest BCUT2D eigenvalue weighted by molar-refractivity contribution is 0.0887. The average Bonchev–Trinajstić information content (AvgIpc) is 2.26. The third-order valence-corrected chi connectivity index (χ3v) is 3.32. The third-order valence-electron chi connectivity index (χ3n) is 2.02. The van der Waals surface area contributed by atoms with Crippen molar-refractivity contribution in [3.8, 4) is 0 Å². The van der Waals surface area contributed by atoms with Crippen LogP contribution in [-0.4, -0.2) is 33.4 Å². The Morgan fingerprint density at radius 1 is 1.38 bits per heavy atom. The molecule has 1 atom stereocenters. The number of aliphatic hydroxyl groups excluding tert-OH is 1. The largest absolute Gasteiger partial charge is 0.376 e. The molecule has 5 nitrogen and oxygen atoms in total. The lowest BCUT2D eigenvalue weighted by Gasteiger charge is -2.10. The summed E-state index contributed by atoms with van der Waals surface area (Å²) in [4.78, 5) is 0.0846. The minimum Gasteiger partial charge on any atom is -0.376 e. The first-order valence-electron chi connectivity index (χ1n) is 4.77. The van der Waals surface area contributed by atoms with Gasteiger partial charge in [0.05, 0.1) is 4.90 Å². The molecule has 1 aromatic rings. The Morgan fingerprint density at radius 2 is 1.94 bits per heavy atom. The Hall–Kier alpha value is -0.950. The van der Waals surface area contributed by atoms with Crippen molar-refractivity contribution in [2.75, 3.05) is 13.7 Å². The van der Waals surface area contributed by atoms with Crippen LogP contribution in [0.3, 0.4) is 0 Å². The van der Waals surface area contributed by atoms with Crippen LogP contribution in [0.1, 0.15) is 5.56 Å². The molecule has 0 amide bonds. The van der Waals surface area contributed by atoms with Crippen molar-refractivity contribution in [1.82, 2.24) is 5.32 Å². The van der Waals surface area contributed by atoms with Crippen molar-refractivity contribution in [3.05, 3.63) is 29.8 Å². The van der Waals surface area contributed by atoms with E-state index in [0.29, 0.717) is 0 Å². The molecule has 0 saturated heterocycles. The standard InChI is InChI=1S/C10H15NO4S/c1-8-3-5-9(6-4-8)16(13,14)15-7-10(12)11-2/h3-6,10-12H,7H2,1-2H3. The molecular formula is C10H15NO4S. The molecular weight excluding hydrogens is 230 g/mol. The van der Waals surface area contributed by atoms with Crippen LogP contribution in [0.15, 0.2) is 29.2 Å². The van der Waals surface area contributed by atoms with Gasteiger partial charge in [0.2, 0.25) is 0 Å². The average molecular weight is 245 g/mol. The number of likely N-dealkylation sites (N-methyl/N-ethyl adjacent to an activating group) is 1. The fourth-order valence-corrected chi connectivity index (χ4v) is 1.92. The van der Waals surface area contributed by atoms with E-state index in [4.69, 9.17) is 5.11 Å². The predicted octanol–water partition coefficient (Wildman–Crippen LogP) is 0.238. The van der Waals surface area contributed by atoms with Gasteiger partial charge in [-0.3, -0.25) is 9.50 Å². The van der Waals surface area contributed by atoms with E-state index in [0.717, 1.165) is 5.56 Å². The molecule has 1 aromatic carbocycles. The van der Waals surface area contributed by atoms with Crippen LogP contribution in [-0.2, 0) is 14.3 Å². The van der Waals surface area contributed by atoms with Gasteiger partial charge in [-0.1, -0.05) is 17.7 Å². The van der Waals surface area contributed by atoms with E-state index in [2.05, 4.69) is 9.50 Å². The molecule has 2 N–H and O–H groups in total. The first-order chi connectivity index (χ1) is 7.45. The molecule has 90 valence electrons. The second-order valence-corrected chi connectivity index (χ2v) is 4.97. The van der Waals surface area contributed by atoms with Crippen LogP contribution in [0.2, 0.25) is 0 Å². The van der Waals surface area contributed by atoms with Gasteiger partial charge in [-0.25, -0.2) is 0 Å². The summed E-state index contributed by atoms with van der Waals surface area (Å²) in [5, 5.41) is 11.6.